The van der Waals surface area contributed by atoms with Crippen molar-refractivity contribution in [2.75, 3.05) is 0 Å². The summed E-state index contributed by atoms with van der Waals surface area (Å²) in [4.78, 5) is 12.0. The van der Waals surface area contributed by atoms with Crippen molar-refractivity contribution in [2.24, 2.45) is 0 Å². The Balaban J connectivity index is 1.90. The van der Waals surface area contributed by atoms with Gasteiger partial charge in [0.25, 0.3) is 5.91 Å². The Kier molecular flexibility index (Phi) is 4.70. The largest absolute Gasteiger partial charge is 0.481 e. The molecule has 0 bridgehead atoms. The maximum absolute atomic E-state index is 12.0. The number of carbonyl (C=O) groups excluding carboxylic acids is 1. The van der Waals surface area contributed by atoms with Crippen LogP contribution in [0.5, 0.6) is 5.75 Å². The first-order valence-corrected chi connectivity index (χ1v) is 7.17. The van der Waals surface area contributed by atoms with E-state index in [2.05, 4.69) is 5.32 Å². The van der Waals surface area contributed by atoms with E-state index < -0.39 is 6.10 Å². The molecule has 0 aromatic heterocycles. The van der Waals surface area contributed by atoms with Gasteiger partial charge >= 0.3 is 0 Å². The van der Waals surface area contributed by atoms with Crippen molar-refractivity contribution in [1.29, 1.82) is 0 Å². The van der Waals surface area contributed by atoms with Crippen LogP contribution in [-0.4, -0.2) is 18.1 Å². The molecule has 1 atom stereocenters. The highest BCUT2D eigenvalue weighted by Crippen LogP contribution is 2.22. The summed E-state index contributed by atoms with van der Waals surface area (Å²) >= 11 is 5.96. The molecule has 1 fully saturated rings. The van der Waals surface area contributed by atoms with Gasteiger partial charge in [0.1, 0.15) is 5.75 Å². The fraction of sp³-hybridized carbons (Fsp3) is 0.533. The number of halogens is 1. The van der Waals surface area contributed by atoms with Gasteiger partial charge in [-0.3, -0.25) is 4.79 Å². The van der Waals surface area contributed by atoms with Crippen molar-refractivity contribution in [3.63, 3.8) is 0 Å². The van der Waals surface area contributed by atoms with Crippen LogP contribution in [0.1, 0.15) is 38.2 Å². The second kappa shape index (κ2) is 6.29. The Morgan fingerprint density at radius 3 is 2.74 bits per heavy atom. The average Bonchev–Trinajstić information content (AvgIpc) is 2.86. The van der Waals surface area contributed by atoms with E-state index in [0.717, 1.165) is 18.4 Å². The van der Waals surface area contributed by atoms with Crippen molar-refractivity contribution < 1.29 is 9.53 Å². The van der Waals surface area contributed by atoms with E-state index in [1.807, 2.05) is 13.0 Å². The minimum Gasteiger partial charge on any atom is -0.481 e. The summed E-state index contributed by atoms with van der Waals surface area (Å²) in [6.45, 7) is 3.69. The third-order valence-corrected chi connectivity index (χ3v) is 3.94. The van der Waals surface area contributed by atoms with Gasteiger partial charge < -0.3 is 10.1 Å². The maximum atomic E-state index is 12.0. The predicted octanol–water partition coefficient (Wildman–Crippen LogP) is 3.47. The molecule has 0 unspecified atom stereocenters. The average molecular weight is 282 g/mol. The highest BCUT2D eigenvalue weighted by Gasteiger charge is 2.21. The molecule has 0 aliphatic heterocycles. The number of ether oxygens (including phenoxy) is 1. The van der Waals surface area contributed by atoms with Crippen molar-refractivity contribution in [2.45, 2.75) is 51.7 Å². The number of benzene rings is 1. The molecular weight excluding hydrogens is 262 g/mol. The SMILES string of the molecule is Cc1cc(O[C@@H](C)C(=O)NC2CCCC2)ccc1Cl. The van der Waals surface area contributed by atoms with Gasteiger partial charge in [0, 0.05) is 11.1 Å². The van der Waals surface area contributed by atoms with Gasteiger partial charge in [-0.25, -0.2) is 0 Å². The lowest BCUT2D eigenvalue weighted by atomic mass is 10.2. The zero-order chi connectivity index (χ0) is 13.8. The van der Waals surface area contributed by atoms with E-state index in [1.165, 1.54) is 12.8 Å². The molecule has 0 heterocycles. The lowest BCUT2D eigenvalue weighted by molar-refractivity contribution is -0.127. The first-order chi connectivity index (χ1) is 9.06. The molecule has 2 rings (SSSR count). The maximum Gasteiger partial charge on any atom is 0.260 e. The first-order valence-electron chi connectivity index (χ1n) is 6.79. The van der Waals surface area contributed by atoms with Crippen LogP contribution in [0.4, 0.5) is 0 Å². The fourth-order valence-corrected chi connectivity index (χ4v) is 2.45. The lowest BCUT2D eigenvalue weighted by Crippen LogP contribution is -2.41. The van der Waals surface area contributed by atoms with Crippen molar-refractivity contribution in [3.8, 4) is 5.75 Å². The quantitative estimate of drug-likeness (QED) is 0.918. The summed E-state index contributed by atoms with van der Waals surface area (Å²) in [6.07, 6.45) is 4.09. The molecule has 19 heavy (non-hydrogen) atoms. The van der Waals surface area contributed by atoms with E-state index in [4.69, 9.17) is 16.3 Å². The van der Waals surface area contributed by atoms with Gasteiger partial charge in [0.2, 0.25) is 0 Å². The monoisotopic (exact) mass is 281 g/mol. The first kappa shape index (κ1) is 14.2. The second-order valence-corrected chi connectivity index (χ2v) is 5.57. The van der Waals surface area contributed by atoms with Gasteiger partial charge in [-0.15, -0.1) is 0 Å². The number of amides is 1. The van der Waals surface area contributed by atoms with E-state index in [9.17, 15) is 4.79 Å². The Labute approximate surface area is 119 Å². The number of hydrogen-bond acceptors (Lipinski definition) is 2. The zero-order valence-electron chi connectivity index (χ0n) is 11.4. The molecular formula is C15H20ClNO2. The molecule has 1 aliphatic carbocycles. The molecule has 1 aromatic rings. The van der Waals surface area contributed by atoms with Crippen LogP contribution in [0.2, 0.25) is 5.02 Å². The molecule has 3 nitrogen and oxygen atoms in total. The molecule has 1 N–H and O–H groups in total. The zero-order valence-corrected chi connectivity index (χ0v) is 12.2. The van der Waals surface area contributed by atoms with Crippen LogP contribution in [0.3, 0.4) is 0 Å². The van der Waals surface area contributed by atoms with E-state index in [-0.39, 0.29) is 5.91 Å². The summed E-state index contributed by atoms with van der Waals surface area (Å²) in [7, 11) is 0. The molecule has 4 heteroatoms. The molecule has 1 saturated carbocycles. The van der Waals surface area contributed by atoms with E-state index in [0.29, 0.717) is 16.8 Å². The summed E-state index contributed by atoms with van der Waals surface area (Å²) in [5.74, 6) is 0.635. The number of nitrogens with one attached hydrogen (secondary N) is 1. The van der Waals surface area contributed by atoms with Crippen LogP contribution in [0.25, 0.3) is 0 Å². The Bertz CT molecular complexity index is 455. The minimum atomic E-state index is -0.485. The summed E-state index contributed by atoms with van der Waals surface area (Å²) in [5.41, 5.74) is 0.947. The Morgan fingerprint density at radius 2 is 2.11 bits per heavy atom. The van der Waals surface area contributed by atoms with E-state index >= 15 is 0 Å². The normalized spacial score (nSPS) is 17.2. The number of aryl methyl sites for hydroxylation is 1. The van der Waals surface area contributed by atoms with Crippen LogP contribution in [0, 0.1) is 6.92 Å². The number of carbonyl (C=O) groups is 1. The van der Waals surface area contributed by atoms with Gasteiger partial charge in [-0.1, -0.05) is 24.4 Å². The van der Waals surface area contributed by atoms with Crippen molar-refractivity contribution in [3.05, 3.63) is 28.8 Å². The number of rotatable bonds is 4. The number of hydrogen-bond donors (Lipinski definition) is 1. The molecule has 1 aromatic carbocycles. The Morgan fingerprint density at radius 1 is 1.42 bits per heavy atom. The standard InChI is InChI=1S/C15H20ClNO2/c1-10-9-13(7-8-14(10)16)19-11(2)15(18)17-12-5-3-4-6-12/h7-9,11-12H,3-6H2,1-2H3,(H,17,18)/t11-/m0/s1. The van der Waals surface area contributed by atoms with E-state index in [1.54, 1.807) is 19.1 Å². The van der Waals surface area contributed by atoms with Crippen molar-refractivity contribution in [1.82, 2.24) is 5.32 Å². The predicted molar refractivity (Wildman–Crippen MR) is 76.7 cm³/mol. The smallest absolute Gasteiger partial charge is 0.260 e. The van der Waals surface area contributed by atoms with Gasteiger partial charge in [-0.05, 0) is 50.5 Å². The van der Waals surface area contributed by atoms with Crippen LogP contribution in [0.15, 0.2) is 18.2 Å². The molecule has 1 amide bonds. The molecule has 104 valence electrons. The van der Waals surface area contributed by atoms with Crippen LogP contribution < -0.4 is 10.1 Å². The van der Waals surface area contributed by atoms with Crippen LogP contribution in [-0.2, 0) is 4.79 Å². The lowest BCUT2D eigenvalue weighted by Gasteiger charge is -2.18. The third-order valence-electron chi connectivity index (χ3n) is 3.51. The van der Waals surface area contributed by atoms with Gasteiger partial charge in [0.05, 0.1) is 0 Å². The highest BCUT2D eigenvalue weighted by molar-refractivity contribution is 6.31. The van der Waals surface area contributed by atoms with Gasteiger partial charge in [-0.2, -0.15) is 0 Å². The third kappa shape index (κ3) is 3.87. The Hall–Kier alpha value is -1.22. The fourth-order valence-electron chi connectivity index (χ4n) is 2.34. The van der Waals surface area contributed by atoms with Gasteiger partial charge in [0.15, 0.2) is 6.10 Å². The molecule has 0 radical (unpaired) electrons. The van der Waals surface area contributed by atoms with Crippen LogP contribution >= 0.6 is 11.6 Å². The minimum absolute atomic E-state index is 0.0421. The van der Waals surface area contributed by atoms with Crippen molar-refractivity contribution >= 4 is 17.5 Å². The summed E-state index contributed by atoms with van der Waals surface area (Å²) in [5, 5.41) is 3.74. The summed E-state index contributed by atoms with van der Waals surface area (Å²) in [6, 6.07) is 5.75. The molecule has 0 saturated heterocycles. The second-order valence-electron chi connectivity index (χ2n) is 5.16. The summed E-state index contributed by atoms with van der Waals surface area (Å²) < 4.78 is 5.65. The molecule has 0 spiro atoms. The highest BCUT2D eigenvalue weighted by atomic mass is 35.5. The topological polar surface area (TPSA) is 38.3 Å². The molecule has 1 aliphatic rings.